The maximum absolute atomic E-state index is 12.7. The first-order chi connectivity index (χ1) is 12.5. The summed E-state index contributed by atoms with van der Waals surface area (Å²) in [5.41, 5.74) is 3.70. The highest BCUT2D eigenvalue weighted by molar-refractivity contribution is 6.03. The molecule has 0 radical (unpaired) electrons. The number of carbonyl (C=O) groups is 2. The zero-order chi connectivity index (χ0) is 18.7. The zero-order valence-corrected chi connectivity index (χ0v) is 15.5. The van der Waals surface area contributed by atoms with E-state index in [1.165, 1.54) is 0 Å². The van der Waals surface area contributed by atoms with E-state index in [1.807, 2.05) is 44.2 Å². The van der Waals surface area contributed by atoms with Gasteiger partial charge in [0.2, 0.25) is 0 Å². The number of fused-ring (bicyclic) bond motifs is 1. The van der Waals surface area contributed by atoms with Gasteiger partial charge in [-0.05, 0) is 44.2 Å². The van der Waals surface area contributed by atoms with E-state index < -0.39 is 5.97 Å². The molecular formula is C21H25NO4. The molecule has 0 spiro atoms. The molecule has 0 aliphatic heterocycles. The molecule has 26 heavy (non-hydrogen) atoms. The summed E-state index contributed by atoms with van der Waals surface area (Å²) in [5, 5.41) is 0. The summed E-state index contributed by atoms with van der Waals surface area (Å²) in [6.07, 6.45) is 1.28. The Kier molecular flexibility index (Phi) is 5.57. The van der Waals surface area contributed by atoms with E-state index in [4.69, 9.17) is 9.47 Å². The predicted octanol–water partition coefficient (Wildman–Crippen LogP) is 3.82. The van der Waals surface area contributed by atoms with Crippen LogP contribution in [0.2, 0.25) is 0 Å². The van der Waals surface area contributed by atoms with Crippen molar-refractivity contribution in [2.75, 3.05) is 13.2 Å². The maximum Gasteiger partial charge on any atom is 0.355 e. The third-order valence-corrected chi connectivity index (χ3v) is 4.73. The smallest absolute Gasteiger partial charge is 0.355 e. The van der Waals surface area contributed by atoms with Gasteiger partial charge in [0.1, 0.15) is 12.3 Å². The second-order valence-electron chi connectivity index (χ2n) is 6.97. The van der Waals surface area contributed by atoms with Crippen molar-refractivity contribution in [1.82, 2.24) is 4.98 Å². The SMILES string of the molecule is Cc1c(C(=O)OCCOC(C)C)[nH]c2c1C(=O)C[C@H](c1ccccc1)C2. The summed E-state index contributed by atoms with van der Waals surface area (Å²) in [5.74, 6) is -0.220. The van der Waals surface area contributed by atoms with E-state index >= 15 is 0 Å². The van der Waals surface area contributed by atoms with Crippen molar-refractivity contribution in [3.63, 3.8) is 0 Å². The molecule has 5 nitrogen and oxygen atoms in total. The number of nitrogens with one attached hydrogen (secondary N) is 1. The monoisotopic (exact) mass is 355 g/mol. The van der Waals surface area contributed by atoms with Crippen molar-refractivity contribution in [1.29, 1.82) is 0 Å². The lowest BCUT2D eigenvalue weighted by Crippen LogP contribution is -2.18. The number of carbonyl (C=O) groups excluding carboxylic acids is 2. The number of hydrogen-bond acceptors (Lipinski definition) is 4. The minimum Gasteiger partial charge on any atom is -0.459 e. The summed E-state index contributed by atoms with van der Waals surface area (Å²) in [4.78, 5) is 28.2. The summed E-state index contributed by atoms with van der Waals surface area (Å²) >= 11 is 0. The fourth-order valence-corrected chi connectivity index (χ4v) is 3.49. The van der Waals surface area contributed by atoms with Crippen LogP contribution in [0.3, 0.4) is 0 Å². The van der Waals surface area contributed by atoms with Gasteiger partial charge in [0.15, 0.2) is 5.78 Å². The number of ether oxygens (including phenoxy) is 2. The first-order valence-electron chi connectivity index (χ1n) is 9.05. The lowest BCUT2D eigenvalue weighted by Gasteiger charge is -2.22. The van der Waals surface area contributed by atoms with Crippen LogP contribution in [0.4, 0.5) is 0 Å². The van der Waals surface area contributed by atoms with Gasteiger partial charge in [-0.2, -0.15) is 0 Å². The number of hydrogen-bond donors (Lipinski definition) is 1. The van der Waals surface area contributed by atoms with Crippen LogP contribution in [-0.2, 0) is 15.9 Å². The Morgan fingerprint density at radius 3 is 2.62 bits per heavy atom. The van der Waals surface area contributed by atoms with Crippen LogP contribution in [0, 0.1) is 6.92 Å². The van der Waals surface area contributed by atoms with Crippen molar-refractivity contribution in [3.05, 3.63) is 58.4 Å². The highest BCUT2D eigenvalue weighted by Crippen LogP contribution is 2.35. The number of rotatable bonds is 6. The molecule has 3 rings (SSSR count). The topological polar surface area (TPSA) is 68.4 Å². The molecule has 1 heterocycles. The standard InChI is InChI=1S/C21H25NO4/c1-13(2)25-9-10-26-21(24)20-14(3)19-17(22-20)11-16(12-18(19)23)15-7-5-4-6-8-15/h4-8,13,16,22H,9-12H2,1-3H3/t16-/m1/s1. The van der Waals surface area contributed by atoms with Gasteiger partial charge in [-0.25, -0.2) is 4.79 Å². The minimum absolute atomic E-state index is 0.0797. The molecule has 0 amide bonds. The Hall–Kier alpha value is -2.40. The van der Waals surface area contributed by atoms with Gasteiger partial charge in [0.05, 0.1) is 12.7 Å². The average Bonchev–Trinajstić information content (AvgIpc) is 2.96. The lowest BCUT2D eigenvalue weighted by molar-refractivity contribution is 0.0172. The third kappa shape index (κ3) is 3.88. The molecule has 1 aromatic carbocycles. The van der Waals surface area contributed by atoms with Crippen LogP contribution in [0.1, 0.15) is 63.9 Å². The van der Waals surface area contributed by atoms with Crippen LogP contribution in [0.5, 0.6) is 0 Å². The zero-order valence-electron chi connectivity index (χ0n) is 15.5. The first kappa shape index (κ1) is 18.4. The van der Waals surface area contributed by atoms with Crippen LogP contribution in [0.25, 0.3) is 0 Å². The molecule has 0 saturated heterocycles. The fourth-order valence-electron chi connectivity index (χ4n) is 3.49. The number of esters is 1. The summed E-state index contributed by atoms with van der Waals surface area (Å²) in [7, 11) is 0. The number of ketones is 1. The molecule has 1 N–H and O–H groups in total. The second-order valence-corrected chi connectivity index (χ2v) is 6.97. The van der Waals surface area contributed by atoms with Crippen molar-refractivity contribution >= 4 is 11.8 Å². The predicted molar refractivity (Wildman–Crippen MR) is 98.7 cm³/mol. The molecule has 2 aromatic rings. The van der Waals surface area contributed by atoms with Gasteiger partial charge >= 0.3 is 5.97 Å². The van der Waals surface area contributed by atoms with Gasteiger partial charge in [-0.3, -0.25) is 4.79 Å². The Balaban J connectivity index is 1.74. The molecule has 0 fully saturated rings. The number of aromatic amines is 1. The van der Waals surface area contributed by atoms with Crippen molar-refractivity contribution in [2.24, 2.45) is 0 Å². The quantitative estimate of drug-likeness (QED) is 0.632. The van der Waals surface area contributed by atoms with E-state index in [9.17, 15) is 9.59 Å². The molecule has 1 aliphatic carbocycles. The van der Waals surface area contributed by atoms with E-state index in [0.29, 0.717) is 29.8 Å². The molecule has 138 valence electrons. The Morgan fingerprint density at radius 1 is 1.19 bits per heavy atom. The summed E-state index contributed by atoms with van der Waals surface area (Å²) in [6, 6.07) is 10.0. The lowest BCUT2D eigenvalue weighted by atomic mass is 9.81. The molecule has 0 bridgehead atoms. The molecule has 0 saturated carbocycles. The van der Waals surface area contributed by atoms with Gasteiger partial charge in [-0.15, -0.1) is 0 Å². The van der Waals surface area contributed by atoms with E-state index in [0.717, 1.165) is 17.7 Å². The third-order valence-electron chi connectivity index (χ3n) is 4.73. The Labute approximate surface area is 153 Å². The van der Waals surface area contributed by atoms with Crippen LogP contribution in [-0.4, -0.2) is 36.1 Å². The van der Waals surface area contributed by atoms with Crippen molar-refractivity contribution < 1.29 is 19.1 Å². The van der Waals surface area contributed by atoms with Crippen LogP contribution < -0.4 is 0 Å². The van der Waals surface area contributed by atoms with Crippen molar-refractivity contribution in [2.45, 2.75) is 45.6 Å². The average molecular weight is 355 g/mol. The Morgan fingerprint density at radius 2 is 1.92 bits per heavy atom. The Bertz CT molecular complexity index is 792. The second kappa shape index (κ2) is 7.87. The number of aromatic nitrogens is 1. The van der Waals surface area contributed by atoms with Crippen LogP contribution >= 0.6 is 0 Å². The summed E-state index contributed by atoms with van der Waals surface area (Å²) in [6.45, 7) is 6.22. The van der Waals surface area contributed by atoms with E-state index in [2.05, 4.69) is 4.98 Å². The molecule has 0 unspecified atom stereocenters. The summed E-state index contributed by atoms with van der Waals surface area (Å²) < 4.78 is 10.7. The minimum atomic E-state index is -0.437. The van der Waals surface area contributed by atoms with E-state index in [-0.39, 0.29) is 24.4 Å². The normalized spacial score (nSPS) is 16.6. The molecule has 1 aliphatic rings. The largest absolute Gasteiger partial charge is 0.459 e. The highest BCUT2D eigenvalue weighted by atomic mass is 16.6. The van der Waals surface area contributed by atoms with Crippen molar-refractivity contribution in [3.8, 4) is 0 Å². The van der Waals surface area contributed by atoms with Crippen LogP contribution in [0.15, 0.2) is 30.3 Å². The number of H-pyrrole nitrogens is 1. The van der Waals surface area contributed by atoms with Gasteiger partial charge in [0.25, 0.3) is 0 Å². The van der Waals surface area contributed by atoms with Gasteiger partial charge in [-0.1, -0.05) is 30.3 Å². The van der Waals surface area contributed by atoms with E-state index in [1.54, 1.807) is 6.92 Å². The fraction of sp³-hybridized carbons (Fsp3) is 0.429. The number of Topliss-reactive ketones (excluding diaryl/α,β-unsaturated/α-hetero) is 1. The molecule has 1 atom stereocenters. The molecule has 1 aromatic heterocycles. The van der Waals surface area contributed by atoms with Gasteiger partial charge < -0.3 is 14.5 Å². The highest BCUT2D eigenvalue weighted by Gasteiger charge is 2.32. The first-order valence-corrected chi connectivity index (χ1v) is 9.05. The number of benzene rings is 1. The maximum atomic E-state index is 12.7. The molecule has 5 heteroatoms. The molecular weight excluding hydrogens is 330 g/mol. The van der Waals surface area contributed by atoms with Gasteiger partial charge in [0, 0.05) is 17.7 Å².